The summed E-state index contributed by atoms with van der Waals surface area (Å²) in [5, 5.41) is 2.90. The van der Waals surface area contributed by atoms with Gasteiger partial charge in [-0.2, -0.15) is 0 Å². The molecule has 2 aromatic rings. The fourth-order valence-corrected chi connectivity index (χ4v) is 6.27. The maximum atomic E-state index is 13.7. The Hall–Kier alpha value is -3.07. The molecule has 1 heterocycles. The Balaban J connectivity index is 1.57. The van der Waals surface area contributed by atoms with E-state index in [1.165, 1.54) is 36.5 Å². The van der Waals surface area contributed by atoms with E-state index < -0.39 is 22.1 Å². The molecule has 0 aromatic heterocycles. The second kappa shape index (κ2) is 10.0. The molecular weight excluding hydrogens is 456 g/mol. The van der Waals surface area contributed by atoms with Gasteiger partial charge in [-0.1, -0.05) is 31.0 Å². The molecule has 0 spiro atoms. The van der Waals surface area contributed by atoms with Crippen LogP contribution in [0.1, 0.15) is 54.9 Å². The summed E-state index contributed by atoms with van der Waals surface area (Å²) in [5.41, 5.74) is 1.61. The van der Waals surface area contributed by atoms with Crippen LogP contribution in [0.2, 0.25) is 0 Å². The number of sulfonamides is 1. The highest BCUT2D eigenvalue weighted by molar-refractivity contribution is 7.93. The predicted octanol–water partition coefficient (Wildman–Crippen LogP) is 3.44. The average Bonchev–Trinajstić information content (AvgIpc) is 3.36. The third-order valence-electron chi connectivity index (χ3n) is 6.39. The summed E-state index contributed by atoms with van der Waals surface area (Å²) in [5.74, 6) is -0.995. The van der Waals surface area contributed by atoms with E-state index in [9.17, 15) is 18.0 Å². The Morgan fingerprint density at radius 2 is 1.82 bits per heavy atom. The molecule has 1 atom stereocenters. The van der Waals surface area contributed by atoms with Crippen molar-refractivity contribution >= 4 is 27.6 Å². The maximum Gasteiger partial charge on any atom is 0.338 e. The van der Waals surface area contributed by atoms with Gasteiger partial charge in [0.2, 0.25) is 0 Å². The van der Waals surface area contributed by atoms with Crippen LogP contribution in [0.5, 0.6) is 5.75 Å². The van der Waals surface area contributed by atoms with Crippen LogP contribution in [0.3, 0.4) is 0 Å². The number of para-hydroxylation sites is 1. The van der Waals surface area contributed by atoms with Crippen LogP contribution in [0.4, 0.5) is 5.69 Å². The number of aryl methyl sites for hydroxylation is 1. The Labute approximate surface area is 200 Å². The van der Waals surface area contributed by atoms with Crippen LogP contribution in [0.25, 0.3) is 0 Å². The molecule has 0 unspecified atom stereocenters. The fraction of sp³-hybridized carbons (Fsp3) is 0.440. The number of benzene rings is 2. The molecule has 0 bridgehead atoms. The Bertz CT molecular complexity index is 1170. The normalized spacial score (nSPS) is 17.1. The lowest BCUT2D eigenvalue weighted by Crippen LogP contribution is -2.40. The number of ether oxygens (including phenoxy) is 2. The van der Waals surface area contributed by atoms with Crippen LogP contribution in [-0.2, 0) is 26.0 Å². The zero-order valence-corrected chi connectivity index (χ0v) is 20.3. The van der Waals surface area contributed by atoms with E-state index in [2.05, 4.69) is 5.32 Å². The number of hydrogen-bond donors (Lipinski definition) is 1. The summed E-state index contributed by atoms with van der Waals surface area (Å²) < 4.78 is 39.3. The number of methoxy groups -OCH3 is 1. The molecule has 4 rings (SSSR count). The zero-order chi connectivity index (χ0) is 24.3. The van der Waals surface area contributed by atoms with E-state index in [4.69, 9.17) is 9.47 Å². The van der Waals surface area contributed by atoms with Crippen molar-refractivity contribution in [3.8, 4) is 5.75 Å². The summed E-state index contributed by atoms with van der Waals surface area (Å²) in [6.07, 6.45) is 4.48. The van der Waals surface area contributed by atoms with Gasteiger partial charge in [0.05, 0.1) is 18.4 Å². The summed E-state index contributed by atoms with van der Waals surface area (Å²) in [6.45, 7) is 1.84. The first-order valence-corrected chi connectivity index (χ1v) is 13.1. The van der Waals surface area contributed by atoms with Gasteiger partial charge in [0.1, 0.15) is 10.6 Å². The first-order chi connectivity index (χ1) is 16.3. The molecule has 0 radical (unpaired) electrons. The van der Waals surface area contributed by atoms with Crippen molar-refractivity contribution in [1.82, 2.24) is 5.32 Å². The van der Waals surface area contributed by atoms with E-state index in [-0.39, 0.29) is 28.2 Å². The second-order valence-corrected chi connectivity index (χ2v) is 10.5. The minimum absolute atomic E-state index is 0.0326. The summed E-state index contributed by atoms with van der Waals surface area (Å²) in [6, 6.07) is 11.6. The molecule has 1 amide bonds. The first-order valence-electron chi connectivity index (χ1n) is 11.6. The molecule has 1 aliphatic carbocycles. The lowest BCUT2D eigenvalue weighted by molar-refractivity contribution is -0.129. The molecule has 9 heteroatoms. The fourth-order valence-electron chi connectivity index (χ4n) is 4.54. The molecule has 2 aliphatic rings. The Kier molecular flexibility index (Phi) is 7.11. The molecule has 1 saturated carbocycles. The highest BCUT2D eigenvalue weighted by Gasteiger charge is 2.32. The zero-order valence-electron chi connectivity index (χ0n) is 19.5. The number of amides is 1. The molecule has 1 aliphatic heterocycles. The number of nitrogens with zero attached hydrogens (tertiary/aromatic N) is 1. The number of fused-ring (bicyclic) bond motifs is 1. The van der Waals surface area contributed by atoms with Crippen molar-refractivity contribution in [1.29, 1.82) is 0 Å². The van der Waals surface area contributed by atoms with Crippen molar-refractivity contribution < 1.29 is 27.5 Å². The molecule has 1 N–H and O–H groups in total. The van der Waals surface area contributed by atoms with Gasteiger partial charge in [0, 0.05) is 12.6 Å². The molecule has 34 heavy (non-hydrogen) atoms. The molecular formula is C25H30N2O6S. The maximum absolute atomic E-state index is 13.7. The number of carbonyl (C=O) groups is 2. The summed E-state index contributed by atoms with van der Waals surface area (Å²) in [7, 11) is -2.63. The van der Waals surface area contributed by atoms with Crippen molar-refractivity contribution in [3.05, 3.63) is 53.6 Å². The minimum atomic E-state index is -4.01. The van der Waals surface area contributed by atoms with E-state index in [1.54, 1.807) is 12.1 Å². The second-order valence-electron chi connectivity index (χ2n) is 8.71. The van der Waals surface area contributed by atoms with Crippen LogP contribution < -0.4 is 14.4 Å². The number of rotatable bonds is 7. The molecule has 2 aromatic carbocycles. The van der Waals surface area contributed by atoms with Gasteiger partial charge in [-0.05, 0) is 62.4 Å². The van der Waals surface area contributed by atoms with Crippen LogP contribution in [-0.4, -0.2) is 46.1 Å². The average molecular weight is 487 g/mol. The molecule has 182 valence electrons. The third kappa shape index (κ3) is 4.89. The minimum Gasteiger partial charge on any atom is -0.495 e. The van der Waals surface area contributed by atoms with Gasteiger partial charge in [-0.15, -0.1) is 0 Å². The van der Waals surface area contributed by atoms with E-state index in [0.29, 0.717) is 18.7 Å². The van der Waals surface area contributed by atoms with Gasteiger partial charge in [-0.3, -0.25) is 9.10 Å². The van der Waals surface area contributed by atoms with Crippen molar-refractivity contribution in [2.45, 2.75) is 62.5 Å². The van der Waals surface area contributed by atoms with E-state index in [1.807, 2.05) is 12.1 Å². The van der Waals surface area contributed by atoms with E-state index >= 15 is 0 Å². The summed E-state index contributed by atoms with van der Waals surface area (Å²) >= 11 is 0. The van der Waals surface area contributed by atoms with E-state index in [0.717, 1.165) is 37.7 Å². The lowest BCUT2D eigenvalue weighted by Gasteiger charge is -2.31. The van der Waals surface area contributed by atoms with Crippen LogP contribution in [0, 0.1) is 0 Å². The highest BCUT2D eigenvalue weighted by atomic mass is 32.2. The lowest BCUT2D eigenvalue weighted by atomic mass is 10.0. The monoisotopic (exact) mass is 486 g/mol. The third-order valence-corrected chi connectivity index (χ3v) is 8.22. The number of esters is 1. The molecule has 0 saturated heterocycles. The number of carbonyl (C=O) groups excluding carboxylic acids is 2. The Morgan fingerprint density at radius 1 is 1.09 bits per heavy atom. The number of nitrogens with one attached hydrogen (secondary N) is 1. The van der Waals surface area contributed by atoms with Crippen molar-refractivity contribution in [2.75, 3.05) is 18.0 Å². The summed E-state index contributed by atoms with van der Waals surface area (Å²) in [4.78, 5) is 25.1. The number of anilines is 1. The topological polar surface area (TPSA) is 102 Å². The van der Waals surface area contributed by atoms with Crippen LogP contribution in [0.15, 0.2) is 47.4 Å². The Morgan fingerprint density at radius 3 is 2.56 bits per heavy atom. The largest absolute Gasteiger partial charge is 0.495 e. The quantitative estimate of drug-likeness (QED) is 0.602. The van der Waals surface area contributed by atoms with Crippen molar-refractivity contribution in [3.63, 3.8) is 0 Å². The van der Waals surface area contributed by atoms with Gasteiger partial charge in [0.15, 0.2) is 6.10 Å². The van der Waals surface area contributed by atoms with Gasteiger partial charge in [-0.25, -0.2) is 13.2 Å². The van der Waals surface area contributed by atoms with Gasteiger partial charge in [0.25, 0.3) is 15.9 Å². The number of hydrogen-bond acceptors (Lipinski definition) is 6. The van der Waals surface area contributed by atoms with Gasteiger partial charge >= 0.3 is 5.97 Å². The standard InChI is InChI=1S/C25H30N2O6S/c1-17(24(28)26-20-10-4-5-11-20)33-25(29)19-13-14-22(32-2)23(16-19)34(30,31)27-15-7-9-18-8-3-6-12-21(18)27/h3,6,8,12-14,16-17,20H,4-5,7,9-11,15H2,1-2H3,(H,26,28)/t17-/m0/s1. The first kappa shape index (κ1) is 24.1. The predicted molar refractivity (Wildman–Crippen MR) is 128 cm³/mol. The van der Waals surface area contributed by atoms with Crippen LogP contribution >= 0.6 is 0 Å². The van der Waals surface area contributed by atoms with Gasteiger partial charge < -0.3 is 14.8 Å². The SMILES string of the molecule is COc1ccc(C(=O)O[C@@H](C)C(=O)NC2CCCC2)cc1S(=O)(=O)N1CCCc2ccccc21. The smallest absolute Gasteiger partial charge is 0.338 e. The molecule has 8 nitrogen and oxygen atoms in total. The van der Waals surface area contributed by atoms with Crippen molar-refractivity contribution in [2.24, 2.45) is 0 Å². The highest BCUT2D eigenvalue weighted by Crippen LogP contribution is 2.35. The molecule has 1 fully saturated rings.